The molecule has 2 rings (SSSR count). The summed E-state index contributed by atoms with van der Waals surface area (Å²) < 4.78 is 10.7. The maximum Gasteiger partial charge on any atom is 0.161 e. The smallest absolute Gasteiger partial charge is 0.161 e. The van der Waals surface area contributed by atoms with E-state index in [1.54, 1.807) is 19.1 Å². The molecule has 0 saturated carbocycles. The highest BCUT2D eigenvalue weighted by atomic mass is 16.5. The van der Waals surface area contributed by atoms with Gasteiger partial charge in [0.2, 0.25) is 0 Å². The average Bonchev–Trinajstić information content (AvgIpc) is 2.32. The average molecular weight is 222 g/mol. The van der Waals surface area contributed by atoms with Gasteiger partial charge in [0.1, 0.15) is 6.04 Å². The number of fused-ring (bicyclic) bond motifs is 1. The minimum absolute atomic E-state index is 0.531. The molecule has 1 aromatic carbocycles. The normalized spacial score (nSPS) is 23.8. The van der Waals surface area contributed by atoms with Gasteiger partial charge in [-0.1, -0.05) is 0 Å². The van der Waals surface area contributed by atoms with Crippen LogP contribution in [0.25, 0.3) is 0 Å². The second-order valence-electron chi connectivity index (χ2n) is 4.47. The van der Waals surface area contributed by atoms with Gasteiger partial charge in [-0.15, -0.1) is 0 Å². The van der Waals surface area contributed by atoms with Crippen LogP contribution in [-0.4, -0.2) is 27.8 Å². The fourth-order valence-electron chi connectivity index (χ4n) is 2.37. The Morgan fingerprint density at radius 3 is 2.44 bits per heavy atom. The molecule has 0 aromatic heterocycles. The van der Waals surface area contributed by atoms with Crippen molar-refractivity contribution in [3.63, 3.8) is 0 Å². The largest absolute Gasteiger partial charge is 0.493 e. The third kappa shape index (κ3) is 1.76. The van der Waals surface area contributed by atoms with Crippen molar-refractivity contribution in [2.24, 2.45) is 0 Å². The molecule has 3 heteroatoms. The summed E-state index contributed by atoms with van der Waals surface area (Å²) in [6.45, 7) is 3.45. The fourth-order valence-corrected chi connectivity index (χ4v) is 2.37. The summed E-state index contributed by atoms with van der Waals surface area (Å²) >= 11 is 0. The standard InChI is InChI=1S/C13H19NO2/c1-9-11-8-13(16-4)12(15-3)7-10(11)5-6-14(9)2/h7-9H,5-6H2,1-4H3/p+1. The molecule has 0 saturated heterocycles. The molecule has 88 valence electrons. The van der Waals surface area contributed by atoms with E-state index in [1.165, 1.54) is 17.7 Å². The zero-order valence-corrected chi connectivity index (χ0v) is 10.5. The van der Waals surface area contributed by atoms with E-state index < -0.39 is 0 Å². The predicted octanol–water partition coefficient (Wildman–Crippen LogP) is 0.836. The van der Waals surface area contributed by atoms with Gasteiger partial charge in [0.25, 0.3) is 0 Å². The van der Waals surface area contributed by atoms with Gasteiger partial charge in [-0.3, -0.25) is 0 Å². The molecule has 2 unspecified atom stereocenters. The van der Waals surface area contributed by atoms with Gasteiger partial charge in [0, 0.05) is 12.0 Å². The Morgan fingerprint density at radius 1 is 1.19 bits per heavy atom. The lowest BCUT2D eigenvalue weighted by Gasteiger charge is -2.29. The number of quaternary nitrogens is 1. The zero-order chi connectivity index (χ0) is 11.7. The van der Waals surface area contributed by atoms with E-state index in [0.717, 1.165) is 17.9 Å². The van der Waals surface area contributed by atoms with Crippen LogP contribution >= 0.6 is 0 Å². The molecule has 1 aliphatic heterocycles. The van der Waals surface area contributed by atoms with Crippen LogP contribution in [0.15, 0.2) is 12.1 Å². The van der Waals surface area contributed by atoms with Gasteiger partial charge in [0.15, 0.2) is 11.5 Å². The molecule has 0 amide bonds. The number of nitrogens with one attached hydrogen (secondary N) is 1. The van der Waals surface area contributed by atoms with E-state index in [9.17, 15) is 0 Å². The first-order chi connectivity index (χ1) is 7.67. The Bertz CT molecular complexity index is 390. The number of benzene rings is 1. The SMILES string of the molecule is COc1cc2c(cc1OC)C(C)[NH+](C)CC2. The van der Waals surface area contributed by atoms with Gasteiger partial charge < -0.3 is 14.4 Å². The summed E-state index contributed by atoms with van der Waals surface area (Å²) in [7, 11) is 5.62. The molecule has 1 N–H and O–H groups in total. The first-order valence-electron chi connectivity index (χ1n) is 5.74. The molecule has 2 atom stereocenters. The Balaban J connectivity index is 2.48. The number of hydrogen-bond donors (Lipinski definition) is 1. The van der Waals surface area contributed by atoms with Crippen molar-refractivity contribution in [3.8, 4) is 11.5 Å². The van der Waals surface area contributed by atoms with Crippen LogP contribution in [-0.2, 0) is 6.42 Å². The van der Waals surface area contributed by atoms with E-state index in [1.807, 2.05) is 0 Å². The van der Waals surface area contributed by atoms with Gasteiger partial charge in [-0.05, 0) is 24.6 Å². The van der Waals surface area contributed by atoms with Crippen LogP contribution in [0.3, 0.4) is 0 Å². The van der Waals surface area contributed by atoms with Crippen molar-refractivity contribution in [1.82, 2.24) is 0 Å². The monoisotopic (exact) mass is 222 g/mol. The van der Waals surface area contributed by atoms with E-state index in [-0.39, 0.29) is 0 Å². The van der Waals surface area contributed by atoms with E-state index in [0.29, 0.717) is 6.04 Å². The quantitative estimate of drug-likeness (QED) is 0.801. The van der Waals surface area contributed by atoms with Crippen LogP contribution < -0.4 is 14.4 Å². The highest BCUT2D eigenvalue weighted by molar-refractivity contribution is 5.48. The van der Waals surface area contributed by atoms with Gasteiger partial charge >= 0.3 is 0 Å². The lowest BCUT2D eigenvalue weighted by molar-refractivity contribution is -0.912. The molecule has 1 aromatic rings. The van der Waals surface area contributed by atoms with Crippen molar-refractivity contribution >= 4 is 0 Å². The summed E-state index contributed by atoms with van der Waals surface area (Å²) in [4.78, 5) is 1.56. The van der Waals surface area contributed by atoms with Gasteiger partial charge in [0.05, 0.1) is 27.8 Å². The Morgan fingerprint density at radius 2 is 1.81 bits per heavy atom. The molecule has 1 heterocycles. The molecule has 0 bridgehead atoms. The van der Waals surface area contributed by atoms with Crippen molar-refractivity contribution < 1.29 is 14.4 Å². The minimum Gasteiger partial charge on any atom is -0.493 e. The molecule has 0 spiro atoms. The second-order valence-corrected chi connectivity index (χ2v) is 4.47. The maximum atomic E-state index is 5.35. The topological polar surface area (TPSA) is 22.9 Å². The Labute approximate surface area is 97.0 Å². The highest BCUT2D eigenvalue weighted by Crippen LogP contribution is 2.33. The predicted molar refractivity (Wildman–Crippen MR) is 63.4 cm³/mol. The fraction of sp³-hybridized carbons (Fsp3) is 0.538. The third-order valence-corrected chi connectivity index (χ3v) is 3.64. The van der Waals surface area contributed by atoms with Crippen LogP contribution in [0.2, 0.25) is 0 Å². The van der Waals surface area contributed by atoms with Crippen LogP contribution in [0.5, 0.6) is 11.5 Å². The summed E-state index contributed by atoms with van der Waals surface area (Å²) in [6.07, 6.45) is 1.12. The molecular weight excluding hydrogens is 202 g/mol. The summed E-state index contributed by atoms with van der Waals surface area (Å²) in [6, 6.07) is 4.78. The zero-order valence-electron chi connectivity index (χ0n) is 10.5. The molecule has 1 aliphatic rings. The first kappa shape index (κ1) is 11.3. The maximum absolute atomic E-state index is 5.35. The van der Waals surface area contributed by atoms with Crippen molar-refractivity contribution in [1.29, 1.82) is 0 Å². The minimum atomic E-state index is 0.531. The summed E-state index contributed by atoms with van der Waals surface area (Å²) in [5, 5.41) is 0. The third-order valence-electron chi connectivity index (χ3n) is 3.64. The molecule has 0 fully saturated rings. The molecule has 0 aliphatic carbocycles. The van der Waals surface area contributed by atoms with Gasteiger partial charge in [-0.2, -0.15) is 0 Å². The molecule has 16 heavy (non-hydrogen) atoms. The van der Waals surface area contributed by atoms with Crippen LogP contribution in [0.4, 0.5) is 0 Å². The van der Waals surface area contributed by atoms with Crippen molar-refractivity contribution in [2.75, 3.05) is 27.8 Å². The van der Waals surface area contributed by atoms with Crippen molar-refractivity contribution in [2.45, 2.75) is 19.4 Å². The Hall–Kier alpha value is -1.22. The second kappa shape index (κ2) is 4.34. The van der Waals surface area contributed by atoms with E-state index >= 15 is 0 Å². The number of rotatable bonds is 2. The van der Waals surface area contributed by atoms with Crippen LogP contribution in [0.1, 0.15) is 24.1 Å². The Kier molecular flexibility index (Phi) is 3.06. The number of hydrogen-bond acceptors (Lipinski definition) is 2. The highest BCUT2D eigenvalue weighted by Gasteiger charge is 2.26. The van der Waals surface area contributed by atoms with Crippen LogP contribution in [0, 0.1) is 0 Å². The van der Waals surface area contributed by atoms with E-state index in [2.05, 4.69) is 26.1 Å². The first-order valence-corrected chi connectivity index (χ1v) is 5.74. The summed E-state index contributed by atoms with van der Waals surface area (Å²) in [5.74, 6) is 1.68. The number of methoxy groups -OCH3 is 2. The molecule has 3 nitrogen and oxygen atoms in total. The summed E-state index contributed by atoms with van der Waals surface area (Å²) in [5.41, 5.74) is 2.79. The number of ether oxygens (including phenoxy) is 2. The lowest BCUT2D eigenvalue weighted by Crippen LogP contribution is -3.10. The van der Waals surface area contributed by atoms with Gasteiger partial charge in [-0.25, -0.2) is 0 Å². The molecular formula is C13H20NO2+. The number of likely N-dealkylation sites (N-methyl/N-ethyl adjacent to an activating group) is 1. The van der Waals surface area contributed by atoms with Crippen molar-refractivity contribution in [3.05, 3.63) is 23.3 Å². The molecule has 0 radical (unpaired) electrons. The van der Waals surface area contributed by atoms with E-state index in [4.69, 9.17) is 9.47 Å². The lowest BCUT2D eigenvalue weighted by atomic mass is 9.93.